The SMILES string of the molecule is COc1ccc(NC(C)c2sccc2C)c(OC)c1. The zero-order valence-electron chi connectivity index (χ0n) is 11.7. The van der Waals surface area contributed by atoms with Crippen molar-refractivity contribution in [1.29, 1.82) is 0 Å². The van der Waals surface area contributed by atoms with Crippen LogP contribution in [0.4, 0.5) is 5.69 Å². The van der Waals surface area contributed by atoms with Gasteiger partial charge in [0.25, 0.3) is 0 Å². The van der Waals surface area contributed by atoms with E-state index >= 15 is 0 Å². The van der Waals surface area contributed by atoms with Crippen molar-refractivity contribution >= 4 is 17.0 Å². The number of benzene rings is 1. The summed E-state index contributed by atoms with van der Waals surface area (Å²) in [6, 6.07) is 8.19. The van der Waals surface area contributed by atoms with E-state index < -0.39 is 0 Å². The Morgan fingerprint density at radius 1 is 1.16 bits per heavy atom. The molecule has 0 aliphatic carbocycles. The molecule has 0 bridgehead atoms. The van der Waals surface area contributed by atoms with Gasteiger partial charge in [0.2, 0.25) is 0 Å². The van der Waals surface area contributed by atoms with Gasteiger partial charge in [-0.05, 0) is 43.0 Å². The van der Waals surface area contributed by atoms with Crippen molar-refractivity contribution in [3.8, 4) is 11.5 Å². The van der Waals surface area contributed by atoms with Crippen LogP contribution in [-0.4, -0.2) is 14.2 Å². The maximum Gasteiger partial charge on any atom is 0.145 e. The Hall–Kier alpha value is -1.68. The van der Waals surface area contributed by atoms with Gasteiger partial charge in [0.15, 0.2) is 0 Å². The minimum absolute atomic E-state index is 0.252. The molecule has 0 radical (unpaired) electrons. The van der Waals surface area contributed by atoms with Gasteiger partial charge in [0.1, 0.15) is 11.5 Å². The number of hydrogen-bond acceptors (Lipinski definition) is 4. The third-order valence-corrected chi connectivity index (χ3v) is 4.28. The highest BCUT2D eigenvalue weighted by molar-refractivity contribution is 7.10. The van der Waals surface area contributed by atoms with Gasteiger partial charge in [0, 0.05) is 10.9 Å². The minimum Gasteiger partial charge on any atom is -0.497 e. The van der Waals surface area contributed by atoms with Crippen LogP contribution in [0.5, 0.6) is 11.5 Å². The van der Waals surface area contributed by atoms with Gasteiger partial charge in [-0.3, -0.25) is 0 Å². The van der Waals surface area contributed by atoms with Crippen LogP contribution in [0, 0.1) is 6.92 Å². The summed E-state index contributed by atoms with van der Waals surface area (Å²) in [6.07, 6.45) is 0. The van der Waals surface area contributed by atoms with E-state index in [0.29, 0.717) is 0 Å². The van der Waals surface area contributed by atoms with Crippen molar-refractivity contribution in [3.63, 3.8) is 0 Å². The van der Waals surface area contributed by atoms with Gasteiger partial charge in [-0.1, -0.05) is 0 Å². The third-order valence-electron chi connectivity index (χ3n) is 3.08. The van der Waals surface area contributed by atoms with Gasteiger partial charge in [-0.2, -0.15) is 0 Å². The predicted octanol–water partition coefficient (Wildman–Crippen LogP) is 4.25. The number of ether oxygens (including phenoxy) is 2. The number of rotatable bonds is 5. The lowest BCUT2D eigenvalue weighted by atomic mass is 10.1. The molecule has 0 aliphatic heterocycles. The lowest BCUT2D eigenvalue weighted by Crippen LogP contribution is -2.07. The molecular weight excluding hydrogens is 258 g/mol. The molecule has 1 aromatic heterocycles. The number of nitrogens with one attached hydrogen (secondary N) is 1. The number of thiophene rings is 1. The quantitative estimate of drug-likeness (QED) is 0.886. The Morgan fingerprint density at radius 3 is 2.53 bits per heavy atom. The van der Waals surface area contributed by atoms with Crippen molar-refractivity contribution in [2.75, 3.05) is 19.5 Å². The Morgan fingerprint density at radius 2 is 1.95 bits per heavy atom. The molecule has 1 heterocycles. The first-order valence-corrected chi connectivity index (χ1v) is 7.06. The molecule has 4 heteroatoms. The van der Waals surface area contributed by atoms with Crippen LogP contribution in [-0.2, 0) is 0 Å². The number of aryl methyl sites for hydroxylation is 1. The summed E-state index contributed by atoms with van der Waals surface area (Å²) < 4.78 is 10.6. The summed E-state index contributed by atoms with van der Waals surface area (Å²) in [5.74, 6) is 1.59. The standard InChI is InChI=1S/C15H19NO2S/c1-10-7-8-19-15(10)11(2)16-13-6-5-12(17-3)9-14(13)18-4/h5-9,11,16H,1-4H3. The molecule has 1 aromatic carbocycles. The molecule has 1 unspecified atom stereocenters. The van der Waals surface area contributed by atoms with E-state index in [4.69, 9.17) is 9.47 Å². The van der Waals surface area contributed by atoms with Gasteiger partial charge in [0.05, 0.1) is 25.9 Å². The lowest BCUT2D eigenvalue weighted by Gasteiger charge is -2.18. The molecule has 1 N–H and O–H groups in total. The van der Waals surface area contributed by atoms with E-state index in [1.54, 1.807) is 25.6 Å². The first kappa shape index (κ1) is 13.7. The molecule has 0 fully saturated rings. The first-order chi connectivity index (χ1) is 9.15. The van der Waals surface area contributed by atoms with Gasteiger partial charge in [-0.15, -0.1) is 11.3 Å². The molecule has 2 aromatic rings. The summed E-state index contributed by atoms with van der Waals surface area (Å²) in [5.41, 5.74) is 2.29. The van der Waals surface area contributed by atoms with Crippen molar-refractivity contribution in [2.24, 2.45) is 0 Å². The number of methoxy groups -OCH3 is 2. The maximum absolute atomic E-state index is 5.40. The van der Waals surface area contributed by atoms with Gasteiger partial charge >= 0.3 is 0 Å². The average molecular weight is 277 g/mol. The first-order valence-electron chi connectivity index (χ1n) is 6.18. The molecule has 102 valence electrons. The van der Waals surface area contributed by atoms with E-state index in [1.165, 1.54) is 10.4 Å². The topological polar surface area (TPSA) is 30.5 Å². The van der Waals surface area contributed by atoms with Crippen LogP contribution in [0.3, 0.4) is 0 Å². The largest absolute Gasteiger partial charge is 0.497 e. The normalized spacial score (nSPS) is 12.0. The Labute approximate surface area is 118 Å². The van der Waals surface area contributed by atoms with Crippen LogP contribution in [0.25, 0.3) is 0 Å². The van der Waals surface area contributed by atoms with Crippen molar-refractivity contribution in [3.05, 3.63) is 40.1 Å². The fourth-order valence-corrected chi connectivity index (χ4v) is 2.98. The average Bonchev–Trinajstić information content (AvgIpc) is 2.85. The van der Waals surface area contributed by atoms with Crippen LogP contribution in [0.15, 0.2) is 29.6 Å². The molecule has 19 heavy (non-hydrogen) atoms. The summed E-state index contributed by atoms with van der Waals surface area (Å²) in [7, 11) is 3.32. The van der Waals surface area contributed by atoms with Crippen molar-refractivity contribution in [1.82, 2.24) is 0 Å². The molecule has 1 atom stereocenters. The second kappa shape index (κ2) is 5.97. The molecule has 0 aliphatic rings. The minimum atomic E-state index is 0.252. The van der Waals surface area contributed by atoms with E-state index in [9.17, 15) is 0 Å². The van der Waals surface area contributed by atoms with Crippen LogP contribution in [0.2, 0.25) is 0 Å². The van der Waals surface area contributed by atoms with E-state index in [0.717, 1.165) is 17.2 Å². The molecule has 0 saturated heterocycles. The smallest absolute Gasteiger partial charge is 0.145 e. The summed E-state index contributed by atoms with van der Waals surface area (Å²) in [4.78, 5) is 1.35. The molecular formula is C15H19NO2S. The van der Waals surface area contributed by atoms with Gasteiger partial charge in [-0.25, -0.2) is 0 Å². The van der Waals surface area contributed by atoms with Crippen LogP contribution < -0.4 is 14.8 Å². The van der Waals surface area contributed by atoms with Crippen LogP contribution >= 0.6 is 11.3 Å². The van der Waals surface area contributed by atoms with Crippen molar-refractivity contribution < 1.29 is 9.47 Å². The molecule has 2 rings (SSSR count). The summed E-state index contributed by atoms with van der Waals surface area (Å²) in [6.45, 7) is 4.29. The van der Waals surface area contributed by atoms with Crippen LogP contribution in [0.1, 0.15) is 23.4 Å². The Kier molecular flexibility index (Phi) is 4.32. The predicted molar refractivity (Wildman–Crippen MR) is 80.6 cm³/mol. The number of anilines is 1. The Bertz CT molecular complexity index is 551. The zero-order valence-corrected chi connectivity index (χ0v) is 12.5. The highest BCUT2D eigenvalue weighted by atomic mass is 32.1. The second-order valence-electron chi connectivity index (χ2n) is 4.40. The molecule has 0 saturated carbocycles. The van der Waals surface area contributed by atoms with E-state index in [1.807, 2.05) is 18.2 Å². The van der Waals surface area contributed by atoms with Crippen molar-refractivity contribution in [2.45, 2.75) is 19.9 Å². The highest BCUT2D eigenvalue weighted by Gasteiger charge is 2.12. The summed E-state index contributed by atoms with van der Waals surface area (Å²) >= 11 is 1.77. The lowest BCUT2D eigenvalue weighted by molar-refractivity contribution is 0.395. The maximum atomic E-state index is 5.40. The third kappa shape index (κ3) is 3.01. The molecule has 0 spiro atoms. The van der Waals surface area contributed by atoms with Gasteiger partial charge < -0.3 is 14.8 Å². The fraction of sp³-hybridized carbons (Fsp3) is 0.333. The second-order valence-corrected chi connectivity index (χ2v) is 5.35. The Balaban J connectivity index is 2.21. The summed E-state index contributed by atoms with van der Waals surface area (Å²) in [5, 5.41) is 5.60. The molecule has 3 nitrogen and oxygen atoms in total. The monoisotopic (exact) mass is 277 g/mol. The van der Waals surface area contributed by atoms with E-state index in [-0.39, 0.29) is 6.04 Å². The fourth-order valence-electron chi connectivity index (χ4n) is 2.04. The highest BCUT2D eigenvalue weighted by Crippen LogP contribution is 2.33. The zero-order chi connectivity index (χ0) is 13.8. The number of hydrogen-bond donors (Lipinski definition) is 1. The van der Waals surface area contributed by atoms with E-state index in [2.05, 4.69) is 30.6 Å². The molecule has 0 amide bonds.